The van der Waals surface area contributed by atoms with Gasteiger partial charge in [0.05, 0.1) is 5.02 Å². The van der Waals surface area contributed by atoms with Crippen LogP contribution < -0.4 is 4.74 Å². The summed E-state index contributed by atoms with van der Waals surface area (Å²) in [5, 5.41) is 0.811. The summed E-state index contributed by atoms with van der Waals surface area (Å²) in [5.74, 6) is 0.272. The Hall–Kier alpha value is -0.480. The fourth-order valence-corrected chi connectivity index (χ4v) is 2.07. The smallest absolute Gasteiger partial charge is 0.234 e. The summed E-state index contributed by atoms with van der Waals surface area (Å²) in [5.41, 5.74) is 1.00. The van der Waals surface area contributed by atoms with Crippen LogP contribution in [0.2, 0.25) is 15.2 Å². The number of aromatic nitrogens is 1. The Morgan fingerprint density at radius 1 is 1.06 bits per heavy atom. The third-order valence-corrected chi connectivity index (χ3v) is 3.62. The molecular weight excluding hydrogens is 360 g/mol. The molecule has 0 spiro atoms. The molecule has 0 unspecified atom stereocenters. The third-order valence-electron chi connectivity index (χ3n) is 2.14. The van der Waals surface area contributed by atoms with Crippen LogP contribution in [0.4, 0.5) is 0 Å². The van der Waals surface area contributed by atoms with Gasteiger partial charge in [0.25, 0.3) is 0 Å². The Morgan fingerprint density at radius 2 is 1.72 bits per heavy atom. The second-order valence-corrected chi connectivity index (χ2v) is 5.55. The van der Waals surface area contributed by atoms with Crippen molar-refractivity contribution in [1.82, 2.24) is 4.98 Å². The number of hydrogen-bond donors (Lipinski definition) is 0. The lowest BCUT2D eigenvalue weighted by Gasteiger charge is -2.08. The molecule has 94 valence electrons. The van der Waals surface area contributed by atoms with Crippen molar-refractivity contribution in [3.8, 4) is 5.88 Å². The highest BCUT2D eigenvalue weighted by atomic mass is 79.9. The van der Waals surface area contributed by atoms with Crippen LogP contribution in [0.15, 0.2) is 34.8 Å². The zero-order valence-corrected chi connectivity index (χ0v) is 12.8. The van der Waals surface area contributed by atoms with Gasteiger partial charge >= 0.3 is 0 Å². The van der Waals surface area contributed by atoms with E-state index < -0.39 is 0 Å². The minimum Gasteiger partial charge on any atom is -0.472 e. The van der Waals surface area contributed by atoms with E-state index in [1.807, 2.05) is 24.3 Å². The van der Waals surface area contributed by atoms with Gasteiger partial charge in [0.2, 0.25) is 5.88 Å². The third kappa shape index (κ3) is 3.51. The van der Waals surface area contributed by atoms with Crippen molar-refractivity contribution in [3.63, 3.8) is 0 Å². The predicted octanol–water partition coefficient (Wildman–Crippen LogP) is 5.38. The van der Waals surface area contributed by atoms with Crippen molar-refractivity contribution in [3.05, 3.63) is 55.6 Å². The Balaban J connectivity index is 2.10. The number of benzene rings is 1. The van der Waals surface area contributed by atoms with E-state index in [1.165, 1.54) is 6.07 Å². The highest BCUT2D eigenvalue weighted by Crippen LogP contribution is 2.30. The minimum atomic E-state index is 0.173. The minimum absolute atomic E-state index is 0.173. The molecule has 18 heavy (non-hydrogen) atoms. The lowest BCUT2D eigenvalue weighted by Crippen LogP contribution is -1.98. The topological polar surface area (TPSA) is 22.1 Å². The fraction of sp³-hybridized carbons (Fsp3) is 0.0833. The Labute approximate surface area is 128 Å². The van der Waals surface area contributed by atoms with Crippen molar-refractivity contribution >= 4 is 50.7 Å². The molecule has 0 aliphatic carbocycles. The molecule has 2 rings (SSSR count). The van der Waals surface area contributed by atoms with Gasteiger partial charge in [0.1, 0.15) is 11.6 Å². The average molecular weight is 367 g/mol. The van der Waals surface area contributed by atoms with Crippen LogP contribution in [0.3, 0.4) is 0 Å². The van der Waals surface area contributed by atoms with Gasteiger partial charge in [-0.2, -0.15) is 4.98 Å². The molecule has 1 aromatic carbocycles. The first-order valence-corrected chi connectivity index (χ1v) is 6.88. The molecule has 1 heterocycles. The zero-order valence-electron chi connectivity index (χ0n) is 8.96. The van der Waals surface area contributed by atoms with Gasteiger partial charge in [-0.25, -0.2) is 0 Å². The first-order chi connectivity index (χ1) is 8.56. The summed E-state index contributed by atoms with van der Waals surface area (Å²) in [4.78, 5) is 3.97. The first kappa shape index (κ1) is 13.9. The molecule has 0 bridgehead atoms. The van der Waals surface area contributed by atoms with Crippen molar-refractivity contribution in [2.75, 3.05) is 0 Å². The van der Waals surface area contributed by atoms with E-state index in [0.717, 1.165) is 10.0 Å². The number of hydrogen-bond acceptors (Lipinski definition) is 2. The maximum absolute atomic E-state index is 5.95. The van der Waals surface area contributed by atoms with Crippen LogP contribution in [0.1, 0.15) is 5.56 Å². The lowest BCUT2D eigenvalue weighted by atomic mass is 10.2. The molecule has 0 aliphatic heterocycles. The largest absolute Gasteiger partial charge is 0.472 e. The highest BCUT2D eigenvalue weighted by Gasteiger charge is 2.09. The van der Waals surface area contributed by atoms with Crippen molar-refractivity contribution in [2.45, 2.75) is 6.61 Å². The van der Waals surface area contributed by atoms with E-state index in [-0.39, 0.29) is 11.0 Å². The molecule has 0 radical (unpaired) electrons. The second kappa shape index (κ2) is 6.11. The molecule has 0 N–H and O–H groups in total. The van der Waals surface area contributed by atoms with Gasteiger partial charge in [-0.1, -0.05) is 62.9 Å². The van der Waals surface area contributed by atoms with E-state index in [4.69, 9.17) is 39.5 Å². The molecule has 0 amide bonds. The van der Waals surface area contributed by atoms with Crippen LogP contribution in [0.5, 0.6) is 5.88 Å². The standard InChI is InChI=1S/C12H7BrCl3NO/c13-8-3-1-7(2-4-8)6-18-12-10(15)5-9(14)11(16)17-12/h1-5H,6H2. The summed E-state index contributed by atoms with van der Waals surface area (Å²) in [6.07, 6.45) is 0. The summed E-state index contributed by atoms with van der Waals surface area (Å²) < 4.78 is 6.51. The fourth-order valence-electron chi connectivity index (χ4n) is 1.26. The average Bonchev–Trinajstić information content (AvgIpc) is 2.34. The van der Waals surface area contributed by atoms with Gasteiger partial charge in [0.15, 0.2) is 5.15 Å². The van der Waals surface area contributed by atoms with Crippen LogP contribution in [0.25, 0.3) is 0 Å². The van der Waals surface area contributed by atoms with Gasteiger partial charge in [-0.05, 0) is 23.8 Å². The predicted molar refractivity (Wildman–Crippen MR) is 77.7 cm³/mol. The van der Waals surface area contributed by atoms with Crippen molar-refractivity contribution in [1.29, 1.82) is 0 Å². The van der Waals surface area contributed by atoms with Crippen LogP contribution in [0, 0.1) is 0 Å². The molecule has 0 atom stereocenters. The monoisotopic (exact) mass is 365 g/mol. The quantitative estimate of drug-likeness (QED) is 0.679. The van der Waals surface area contributed by atoms with E-state index in [0.29, 0.717) is 16.7 Å². The zero-order chi connectivity index (χ0) is 13.1. The van der Waals surface area contributed by atoms with Gasteiger partial charge < -0.3 is 4.74 Å². The first-order valence-electron chi connectivity index (χ1n) is 4.95. The molecule has 2 nitrogen and oxygen atoms in total. The maximum atomic E-state index is 5.95. The van der Waals surface area contributed by atoms with Gasteiger partial charge in [-0.15, -0.1) is 0 Å². The van der Waals surface area contributed by atoms with Crippen molar-refractivity contribution in [2.24, 2.45) is 0 Å². The maximum Gasteiger partial charge on any atom is 0.234 e. The molecule has 2 aromatic rings. The lowest BCUT2D eigenvalue weighted by molar-refractivity contribution is 0.294. The molecule has 0 saturated heterocycles. The number of nitrogens with zero attached hydrogens (tertiary/aromatic N) is 1. The highest BCUT2D eigenvalue weighted by molar-refractivity contribution is 9.10. The van der Waals surface area contributed by atoms with Gasteiger partial charge in [-0.3, -0.25) is 0 Å². The number of halogens is 4. The van der Waals surface area contributed by atoms with E-state index in [1.54, 1.807) is 0 Å². The van der Waals surface area contributed by atoms with Gasteiger partial charge in [0, 0.05) is 4.47 Å². The molecule has 0 fully saturated rings. The molecule has 1 aromatic heterocycles. The summed E-state index contributed by atoms with van der Waals surface area (Å²) in [6.45, 7) is 0.359. The van der Waals surface area contributed by atoms with Crippen LogP contribution in [-0.4, -0.2) is 4.98 Å². The summed E-state index contributed by atoms with van der Waals surface area (Å²) in [6, 6.07) is 9.26. The number of ether oxygens (including phenoxy) is 1. The summed E-state index contributed by atoms with van der Waals surface area (Å²) in [7, 11) is 0. The molecular formula is C12H7BrCl3NO. The normalized spacial score (nSPS) is 10.4. The molecule has 0 saturated carbocycles. The van der Waals surface area contributed by atoms with Crippen LogP contribution >= 0.6 is 50.7 Å². The molecule has 0 aliphatic rings. The number of pyridine rings is 1. The summed E-state index contributed by atoms with van der Waals surface area (Å²) >= 11 is 20.9. The number of rotatable bonds is 3. The SMILES string of the molecule is Clc1cc(Cl)c(OCc2ccc(Br)cc2)nc1Cl. The van der Waals surface area contributed by atoms with E-state index in [2.05, 4.69) is 20.9 Å². The van der Waals surface area contributed by atoms with Crippen LogP contribution in [-0.2, 0) is 6.61 Å². The van der Waals surface area contributed by atoms with Crippen molar-refractivity contribution < 1.29 is 4.74 Å². The van der Waals surface area contributed by atoms with E-state index >= 15 is 0 Å². The Bertz CT molecular complexity index is 560. The second-order valence-electron chi connectivity index (χ2n) is 3.46. The Morgan fingerprint density at radius 3 is 2.39 bits per heavy atom. The Kier molecular flexibility index (Phi) is 4.73. The van der Waals surface area contributed by atoms with E-state index in [9.17, 15) is 0 Å². The molecule has 6 heteroatoms.